The maximum atomic E-state index is 12.2. The van der Waals surface area contributed by atoms with E-state index in [-0.39, 0.29) is 22.8 Å². The number of nitrogens with one attached hydrogen (secondary N) is 2. The molecule has 0 aliphatic heterocycles. The summed E-state index contributed by atoms with van der Waals surface area (Å²) in [5.41, 5.74) is 2.03. The lowest BCUT2D eigenvalue weighted by atomic mass is 9.97. The Labute approximate surface area is 165 Å². The van der Waals surface area contributed by atoms with Crippen molar-refractivity contribution in [2.75, 3.05) is 13.1 Å². The third-order valence-corrected chi connectivity index (χ3v) is 4.06. The van der Waals surface area contributed by atoms with E-state index in [1.807, 2.05) is 26.8 Å². The molecule has 6 heteroatoms. The van der Waals surface area contributed by atoms with Crippen LogP contribution in [0.3, 0.4) is 0 Å². The molecule has 6 nitrogen and oxygen atoms in total. The maximum Gasteiger partial charge on any atom is 0.335 e. The zero-order valence-corrected chi connectivity index (χ0v) is 16.4. The van der Waals surface area contributed by atoms with E-state index in [9.17, 15) is 14.4 Å². The Morgan fingerprint density at radius 3 is 1.96 bits per heavy atom. The smallest absolute Gasteiger partial charge is 0.335 e. The van der Waals surface area contributed by atoms with Crippen molar-refractivity contribution in [3.63, 3.8) is 0 Å². The summed E-state index contributed by atoms with van der Waals surface area (Å²) in [6.07, 6.45) is 0.528. The van der Waals surface area contributed by atoms with E-state index >= 15 is 0 Å². The predicted molar refractivity (Wildman–Crippen MR) is 108 cm³/mol. The zero-order chi connectivity index (χ0) is 20.7. The van der Waals surface area contributed by atoms with Gasteiger partial charge in [-0.3, -0.25) is 9.59 Å². The Hall–Kier alpha value is -3.15. The first-order valence-corrected chi connectivity index (χ1v) is 9.14. The van der Waals surface area contributed by atoms with Gasteiger partial charge in [-0.15, -0.1) is 0 Å². The summed E-state index contributed by atoms with van der Waals surface area (Å²) in [5, 5.41) is 14.7. The van der Waals surface area contributed by atoms with Crippen molar-refractivity contribution in [2.45, 2.75) is 27.2 Å². The molecule has 0 aliphatic carbocycles. The standard InChI is InChI=1S/C22H26N2O4/c1-22(2,3)14-24-20(26)17-9-7-16(8-10-17)19(25)23-12-11-15-5-4-6-18(13-15)21(27)28/h4-10,13H,11-12,14H2,1-3H3,(H,23,25)(H,24,26)(H,27,28). The van der Waals surface area contributed by atoms with Crippen LogP contribution >= 0.6 is 0 Å². The third kappa shape index (κ3) is 6.54. The SMILES string of the molecule is CC(C)(C)CNC(=O)c1ccc(C(=O)NCCc2cccc(C(=O)O)c2)cc1. The fourth-order valence-electron chi connectivity index (χ4n) is 2.50. The molecule has 148 valence electrons. The van der Waals surface area contributed by atoms with E-state index in [1.165, 1.54) is 6.07 Å². The maximum absolute atomic E-state index is 12.2. The minimum absolute atomic E-state index is 0.000526. The van der Waals surface area contributed by atoms with Gasteiger partial charge in [0, 0.05) is 24.2 Å². The van der Waals surface area contributed by atoms with E-state index in [1.54, 1.807) is 36.4 Å². The molecular formula is C22H26N2O4. The Bertz CT molecular complexity index is 852. The van der Waals surface area contributed by atoms with E-state index in [0.717, 1.165) is 5.56 Å². The van der Waals surface area contributed by atoms with Gasteiger partial charge in [-0.05, 0) is 53.8 Å². The topological polar surface area (TPSA) is 95.5 Å². The van der Waals surface area contributed by atoms with Crippen LogP contribution < -0.4 is 10.6 Å². The number of benzene rings is 2. The van der Waals surface area contributed by atoms with Gasteiger partial charge in [-0.2, -0.15) is 0 Å². The van der Waals surface area contributed by atoms with Crippen molar-refractivity contribution in [1.82, 2.24) is 10.6 Å². The average molecular weight is 382 g/mol. The number of aromatic carboxylic acids is 1. The largest absolute Gasteiger partial charge is 0.478 e. The highest BCUT2D eigenvalue weighted by atomic mass is 16.4. The Morgan fingerprint density at radius 1 is 0.857 bits per heavy atom. The number of hydrogen-bond donors (Lipinski definition) is 3. The molecule has 0 aliphatic rings. The molecule has 2 aromatic carbocycles. The second-order valence-electron chi connectivity index (χ2n) is 7.83. The molecule has 28 heavy (non-hydrogen) atoms. The normalized spacial score (nSPS) is 11.0. The van der Waals surface area contributed by atoms with E-state index in [4.69, 9.17) is 5.11 Å². The highest BCUT2D eigenvalue weighted by Crippen LogP contribution is 2.11. The minimum atomic E-state index is -0.975. The molecule has 2 aromatic rings. The molecular weight excluding hydrogens is 356 g/mol. The number of carboxylic acids is 1. The monoisotopic (exact) mass is 382 g/mol. The van der Waals surface area contributed by atoms with Gasteiger partial charge in [0.2, 0.25) is 0 Å². The summed E-state index contributed by atoms with van der Waals surface area (Å²) in [5.74, 6) is -1.38. The number of carbonyl (C=O) groups is 3. The molecule has 0 aromatic heterocycles. The average Bonchev–Trinajstić information content (AvgIpc) is 2.65. The van der Waals surface area contributed by atoms with Crippen LogP contribution in [0.1, 0.15) is 57.4 Å². The fourth-order valence-corrected chi connectivity index (χ4v) is 2.50. The van der Waals surface area contributed by atoms with Gasteiger partial charge in [0.05, 0.1) is 5.56 Å². The molecule has 0 saturated heterocycles. The van der Waals surface area contributed by atoms with E-state index < -0.39 is 5.97 Å². The van der Waals surface area contributed by atoms with Gasteiger partial charge < -0.3 is 15.7 Å². The summed E-state index contributed by atoms with van der Waals surface area (Å²) in [6.45, 7) is 7.07. The minimum Gasteiger partial charge on any atom is -0.478 e. The van der Waals surface area contributed by atoms with Crippen LogP contribution in [0.2, 0.25) is 0 Å². The van der Waals surface area contributed by atoms with Crippen molar-refractivity contribution in [3.05, 3.63) is 70.8 Å². The van der Waals surface area contributed by atoms with Crippen molar-refractivity contribution < 1.29 is 19.5 Å². The molecule has 2 rings (SSSR count). The fraction of sp³-hybridized carbons (Fsp3) is 0.318. The van der Waals surface area contributed by atoms with E-state index in [2.05, 4.69) is 10.6 Å². The molecule has 0 fully saturated rings. The Kier molecular flexibility index (Phi) is 6.93. The van der Waals surface area contributed by atoms with Gasteiger partial charge >= 0.3 is 5.97 Å². The predicted octanol–water partition coefficient (Wildman–Crippen LogP) is 3.13. The molecule has 0 spiro atoms. The first-order valence-electron chi connectivity index (χ1n) is 9.14. The van der Waals surface area contributed by atoms with Crippen molar-refractivity contribution in [2.24, 2.45) is 5.41 Å². The summed E-state index contributed by atoms with van der Waals surface area (Å²) in [4.78, 5) is 35.4. The summed E-state index contributed by atoms with van der Waals surface area (Å²) < 4.78 is 0. The highest BCUT2D eigenvalue weighted by Gasteiger charge is 2.13. The number of amides is 2. The van der Waals surface area contributed by atoms with Crippen LogP contribution in [0.5, 0.6) is 0 Å². The first kappa shape index (κ1) is 21.2. The Morgan fingerprint density at radius 2 is 1.43 bits per heavy atom. The van der Waals surface area contributed by atoms with Crippen LogP contribution in [-0.2, 0) is 6.42 Å². The summed E-state index contributed by atoms with van der Waals surface area (Å²) in [6, 6.07) is 13.1. The van der Waals surface area contributed by atoms with Crippen LogP contribution in [0, 0.1) is 5.41 Å². The van der Waals surface area contributed by atoms with Crippen molar-refractivity contribution in [1.29, 1.82) is 0 Å². The quantitative estimate of drug-likeness (QED) is 0.685. The Balaban J connectivity index is 1.86. The molecule has 0 saturated carbocycles. The second-order valence-corrected chi connectivity index (χ2v) is 7.83. The van der Waals surface area contributed by atoms with Crippen LogP contribution in [-0.4, -0.2) is 36.0 Å². The number of carbonyl (C=O) groups excluding carboxylic acids is 2. The molecule has 0 atom stereocenters. The van der Waals surface area contributed by atoms with Crippen molar-refractivity contribution in [3.8, 4) is 0 Å². The lowest BCUT2D eigenvalue weighted by molar-refractivity contribution is 0.0696. The van der Waals surface area contributed by atoms with Gasteiger partial charge in [0.15, 0.2) is 0 Å². The molecule has 0 radical (unpaired) electrons. The summed E-state index contributed by atoms with van der Waals surface area (Å²) >= 11 is 0. The number of rotatable bonds is 7. The van der Waals surface area contributed by atoms with Gasteiger partial charge in [-0.25, -0.2) is 4.79 Å². The molecule has 2 amide bonds. The zero-order valence-electron chi connectivity index (χ0n) is 16.4. The lowest BCUT2D eigenvalue weighted by Gasteiger charge is -2.18. The van der Waals surface area contributed by atoms with Gasteiger partial charge in [0.1, 0.15) is 0 Å². The number of hydrogen-bond acceptors (Lipinski definition) is 3. The van der Waals surface area contributed by atoms with E-state index in [0.29, 0.717) is 30.6 Å². The van der Waals surface area contributed by atoms with Crippen LogP contribution in [0.15, 0.2) is 48.5 Å². The molecule has 0 heterocycles. The van der Waals surface area contributed by atoms with Gasteiger partial charge in [0.25, 0.3) is 11.8 Å². The summed E-state index contributed by atoms with van der Waals surface area (Å²) in [7, 11) is 0. The van der Waals surface area contributed by atoms with Gasteiger partial charge in [-0.1, -0.05) is 32.9 Å². The number of carboxylic acid groups (broad SMARTS) is 1. The molecule has 3 N–H and O–H groups in total. The first-order chi connectivity index (χ1) is 13.2. The van der Waals surface area contributed by atoms with Crippen LogP contribution in [0.25, 0.3) is 0 Å². The second kappa shape index (κ2) is 9.17. The highest BCUT2D eigenvalue weighted by molar-refractivity contribution is 5.97. The molecule has 0 unspecified atom stereocenters. The van der Waals surface area contributed by atoms with Crippen LogP contribution in [0.4, 0.5) is 0 Å². The van der Waals surface area contributed by atoms with Crippen molar-refractivity contribution >= 4 is 17.8 Å². The lowest BCUT2D eigenvalue weighted by Crippen LogP contribution is -2.32. The third-order valence-electron chi connectivity index (χ3n) is 4.06. The molecule has 0 bridgehead atoms.